The van der Waals surface area contributed by atoms with E-state index in [0.717, 1.165) is 12.1 Å². The van der Waals surface area contributed by atoms with Crippen LogP contribution in [0.15, 0.2) is 21.9 Å². The van der Waals surface area contributed by atoms with Gasteiger partial charge in [0.05, 0.1) is 40.8 Å². The van der Waals surface area contributed by atoms with E-state index in [1.165, 1.54) is 0 Å². The normalized spacial score (nSPS) is 11.7. The summed E-state index contributed by atoms with van der Waals surface area (Å²) in [6.45, 7) is 0. The number of alkyl halides is 4. The average molecular weight is 781 g/mol. The molecule has 2 aromatic carbocycles. The van der Waals surface area contributed by atoms with Crippen molar-refractivity contribution in [2.24, 2.45) is 11.7 Å². The summed E-state index contributed by atoms with van der Waals surface area (Å²) in [7, 11) is -4.73. The first-order valence-corrected chi connectivity index (χ1v) is 13.9. The van der Waals surface area contributed by atoms with Gasteiger partial charge in [0.1, 0.15) is 18.8 Å². The Morgan fingerprint density at radius 3 is 1.33 bits per heavy atom. The van der Waals surface area contributed by atoms with Crippen molar-refractivity contribution in [1.82, 2.24) is 0 Å². The molecular weight excluding hydrogens is 771 g/mol. The summed E-state index contributed by atoms with van der Waals surface area (Å²) in [6, 6.07) is 1.86. The number of anilines is 2. The van der Waals surface area contributed by atoms with Crippen LogP contribution in [-0.2, 0) is 9.84 Å². The molecule has 33 heavy (non-hydrogen) atoms. The summed E-state index contributed by atoms with van der Waals surface area (Å²) < 4.78 is 25.4. The van der Waals surface area contributed by atoms with Crippen molar-refractivity contribution in [2.45, 2.75) is 17.3 Å². The second-order valence-corrected chi connectivity index (χ2v) is 14.7. The minimum Gasteiger partial charge on any atom is -0.317 e. The first kappa shape index (κ1) is 28.4. The molecule has 0 atom stereocenters. The highest BCUT2D eigenvalue weighted by molar-refractivity contribution is 9.24. The van der Waals surface area contributed by atoms with E-state index in [4.69, 9.17) is 34.9 Å². The van der Waals surface area contributed by atoms with E-state index in [1.807, 2.05) is 0 Å². The molecule has 0 aliphatic heterocycles. The van der Waals surface area contributed by atoms with Crippen LogP contribution in [0.2, 0.25) is 10.0 Å². The minimum atomic E-state index is -4.73. The summed E-state index contributed by atoms with van der Waals surface area (Å²) in [6.07, 6.45) is 0. The highest BCUT2D eigenvalue weighted by Gasteiger charge is 2.39. The maximum Gasteiger partial charge on any atom is 0.301 e. The maximum atomic E-state index is 13.8. The molecule has 0 heterocycles. The molecule has 180 valence electrons. The summed E-state index contributed by atoms with van der Waals surface area (Å²) >= 11 is 24.5. The van der Waals surface area contributed by atoms with Gasteiger partial charge < -0.3 is 10.9 Å². The molecule has 0 fully saturated rings. The number of nitrogens with one attached hydrogen (secondary N) is 2. The third-order valence-electron chi connectivity index (χ3n) is 4.18. The smallest absolute Gasteiger partial charge is 0.301 e. The molecule has 0 spiro atoms. The van der Waals surface area contributed by atoms with Crippen LogP contribution in [0.3, 0.4) is 0 Å². The quantitative estimate of drug-likeness (QED) is 0.110. The summed E-state index contributed by atoms with van der Waals surface area (Å²) in [5, 5.41) is 22.8. The van der Waals surface area contributed by atoms with Gasteiger partial charge in [-0.05, 0) is 12.1 Å². The van der Waals surface area contributed by atoms with Gasteiger partial charge in [0, 0.05) is 0 Å². The summed E-state index contributed by atoms with van der Waals surface area (Å²) in [5.74, 6) is 10.7. The molecule has 0 amide bonds. The molecule has 19 heteroatoms. The van der Waals surface area contributed by atoms with E-state index in [-0.39, 0.29) is 32.5 Å². The Hall–Kier alpha value is -0.790. The molecule has 0 saturated heterocycles. The van der Waals surface area contributed by atoms with Crippen molar-refractivity contribution in [1.29, 1.82) is 0 Å². The SMILES string of the molecule is NNc1c(Cl)cc(S(=O)(=O)c2cc(Cl)c(NN)c([N+](=O)[O-])c2C(Br)Br)c(C(Br)Br)c1[N+](=O)[O-]. The molecule has 0 aliphatic carbocycles. The largest absolute Gasteiger partial charge is 0.317 e. The Labute approximate surface area is 229 Å². The number of rotatable bonds is 8. The standard InChI is InChI=1S/C14H10Br4Cl2N6O6S/c15-13(16)7-5(1-3(19)9(23-21)11(7)25(27)28)33(31,32)6-2-4(20)10(24-22)12(26(29)30)8(6)14(17)18/h1-2,13-14,23-24H,21-22H2. The molecule has 0 bridgehead atoms. The first-order chi connectivity index (χ1) is 15.2. The van der Waals surface area contributed by atoms with Gasteiger partial charge in [-0.3, -0.25) is 31.9 Å². The molecule has 0 aromatic heterocycles. The predicted molar refractivity (Wildman–Crippen MR) is 138 cm³/mol. The van der Waals surface area contributed by atoms with Gasteiger partial charge >= 0.3 is 11.4 Å². The third kappa shape index (κ3) is 5.25. The van der Waals surface area contributed by atoms with Crippen molar-refractivity contribution in [3.63, 3.8) is 0 Å². The Morgan fingerprint density at radius 1 is 0.818 bits per heavy atom. The van der Waals surface area contributed by atoms with E-state index in [0.29, 0.717) is 0 Å². The Morgan fingerprint density at radius 2 is 1.12 bits per heavy atom. The molecule has 6 N–H and O–H groups in total. The van der Waals surface area contributed by atoms with Gasteiger partial charge in [-0.15, -0.1) is 0 Å². The number of nitro benzene ring substituents is 2. The molecule has 0 aliphatic rings. The van der Waals surface area contributed by atoms with Crippen molar-refractivity contribution in [3.8, 4) is 0 Å². The number of halogens is 6. The summed E-state index contributed by atoms with van der Waals surface area (Å²) in [4.78, 5) is 20.6. The second kappa shape index (κ2) is 10.9. The van der Waals surface area contributed by atoms with Crippen LogP contribution in [0.25, 0.3) is 0 Å². The lowest BCUT2D eigenvalue weighted by Crippen LogP contribution is -2.17. The van der Waals surface area contributed by atoms with Crippen LogP contribution in [0.1, 0.15) is 18.6 Å². The molecule has 0 radical (unpaired) electrons. The second-order valence-electron chi connectivity index (χ2n) is 5.90. The van der Waals surface area contributed by atoms with Gasteiger partial charge in [0.25, 0.3) is 0 Å². The number of benzene rings is 2. The molecule has 12 nitrogen and oxygen atoms in total. The predicted octanol–water partition coefficient (Wildman–Crippen LogP) is 5.79. The molecular formula is C14H10Br4Cl2N6O6S. The number of hydrogen-bond donors (Lipinski definition) is 4. The fourth-order valence-corrected chi connectivity index (χ4v) is 7.78. The number of hydrazine groups is 2. The van der Waals surface area contributed by atoms with Crippen molar-refractivity contribution in [2.75, 3.05) is 10.9 Å². The van der Waals surface area contributed by atoms with Crippen LogP contribution in [0.5, 0.6) is 0 Å². The average Bonchev–Trinajstić information content (AvgIpc) is 2.71. The number of sulfone groups is 1. The van der Waals surface area contributed by atoms with E-state index in [1.54, 1.807) is 0 Å². The first-order valence-electron chi connectivity index (χ1n) is 7.98. The Balaban J connectivity index is 3.15. The highest BCUT2D eigenvalue weighted by Crippen LogP contribution is 2.51. The number of hydrogen-bond acceptors (Lipinski definition) is 10. The number of nitrogens with zero attached hydrogens (tertiary/aromatic N) is 2. The Bertz CT molecular complexity index is 1170. The number of nitrogen functional groups attached to an aromatic ring is 2. The van der Waals surface area contributed by atoms with Gasteiger partial charge in [0.15, 0.2) is 0 Å². The fourth-order valence-electron chi connectivity index (χ4n) is 2.90. The zero-order valence-corrected chi connectivity index (χ0v) is 24.2. The van der Waals surface area contributed by atoms with Gasteiger partial charge in [0.2, 0.25) is 9.84 Å². The molecule has 0 unspecified atom stereocenters. The van der Waals surface area contributed by atoms with Crippen molar-refractivity contribution < 1.29 is 18.3 Å². The lowest BCUT2D eigenvalue weighted by molar-refractivity contribution is -0.384. The van der Waals surface area contributed by atoms with E-state index in [9.17, 15) is 28.6 Å². The monoisotopic (exact) mass is 776 g/mol. The lowest BCUT2D eigenvalue weighted by atomic mass is 10.1. The fraction of sp³-hybridized carbons (Fsp3) is 0.143. The van der Waals surface area contributed by atoms with Crippen LogP contribution >= 0.6 is 86.9 Å². The van der Waals surface area contributed by atoms with Crippen molar-refractivity contribution >= 4 is 120 Å². The topological polar surface area (TPSA) is 197 Å². The maximum absolute atomic E-state index is 13.8. The van der Waals surface area contributed by atoms with Crippen LogP contribution in [0.4, 0.5) is 22.7 Å². The van der Waals surface area contributed by atoms with Crippen LogP contribution < -0.4 is 22.5 Å². The van der Waals surface area contributed by atoms with E-state index in [2.05, 4.69) is 74.6 Å². The number of nitrogens with two attached hydrogens (primary N) is 2. The molecule has 0 saturated carbocycles. The lowest BCUT2D eigenvalue weighted by Gasteiger charge is -2.19. The summed E-state index contributed by atoms with van der Waals surface area (Å²) in [5.41, 5.74) is 1.26. The van der Waals surface area contributed by atoms with Crippen molar-refractivity contribution in [3.05, 3.63) is 53.5 Å². The van der Waals surface area contributed by atoms with E-state index < -0.39 is 48.3 Å². The number of nitro groups is 2. The zero-order chi connectivity index (χ0) is 25.4. The Kier molecular flexibility index (Phi) is 9.36. The zero-order valence-electron chi connectivity index (χ0n) is 15.5. The third-order valence-corrected chi connectivity index (χ3v) is 8.44. The molecule has 2 rings (SSSR count). The van der Waals surface area contributed by atoms with Gasteiger partial charge in [-0.25, -0.2) is 8.42 Å². The van der Waals surface area contributed by atoms with Gasteiger partial charge in [-0.1, -0.05) is 86.9 Å². The minimum absolute atomic E-state index is 0.342. The van der Waals surface area contributed by atoms with Crippen LogP contribution in [-0.4, -0.2) is 18.3 Å². The van der Waals surface area contributed by atoms with Gasteiger partial charge in [-0.2, -0.15) is 0 Å². The van der Waals surface area contributed by atoms with Crippen LogP contribution in [0, 0.1) is 20.2 Å². The highest BCUT2D eigenvalue weighted by atomic mass is 79.9. The molecule has 2 aromatic rings. The van der Waals surface area contributed by atoms with E-state index >= 15 is 0 Å².